The number of allylic oxidation sites excluding steroid dienone is 4. The summed E-state index contributed by atoms with van der Waals surface area (Å²) in [4.78, 5) is 23.0. The Bertz CT molecular complexity index is 528. The number of ether oxygens (including phenoxy) is 2. The topological polar surface area (TPSA) is 77.3 Å². The van der Waals surface area contributed by atoms with Crippen molar-refractivity contribution < 1.29 is 19.1 Å². The van der Waals surface area contributed by atoms with E-state index in [-0.39, 0.29) is 18.8 Å². The van der Waals surface area contributed by atoms with Gasteiger partial charge in [0.25, 0.3) is 0 Å². The van der Waals surface area contributed by atoms with Crippen LogP contribution in [0, 0.1) is 6.42 Å². The largest absolute Gasteiger partial charge is 0.462 e. The van der Waals surface area contributed by atoms with Gasteiger partial charge in [0.05, 0.1) is 24.8 Å². The Kier molecular flexibility index (Phi) is 7.28. The molecule has 0 aromatic carbocycles. The molecule has 0 fully saturated rings. The minimum Gasteiger partial charge on any atom is -0.462 e. The van der Waals surface area contributed by atoms with Crippen molar-refractivity contribution in [2.75, 3.05) is 13.2 Å². The van der Waals surface area contributed by atoms with E-state index in [1.807, 2.05) is 6.92 Å². The van der Waals surface area contributed by atoms with Crippen LogP contribution in [0.1, 0.15) is 13.8 Å². The first-order valence-corrected chi connectivity index (χ1v) is 6.47. The minimum absolute atomic E-state index is 0.190. The Morgan fingerprint density at radius 1 is 1.38 bits per heavy atom. The Hall–Kier alpha value is -2.63. The summed E-state index contributed by atoms with van der Waals surface area (Å²) >= 11 is 0. The third kappa shape index (κ3) is 5.90. The fourth-order valence-corrected chi connectivity index (χ4v) is 1.35. The molecule has 0 bridgehead atoms. The van der Waals surface area contributed by atoms with Gasteiger partial charge >= 0.3 is 11.9 Å². The summed E-state index contributed by atoms with van der Waals surface area (Å²) in [5, 5.41) is 7.43. The predicted molar refractivity (Wildman–Crippen MR) is 79.9 cm³/mol. The van der Waals surface area contributed by atoms with Gasteiger partial charge < -0.3 is 9.47 Å². The van der Waals surface area contributed by atoms with Crippen molar-refractivity contribution in [3.8, 4) is 0 Å². The molecule has 0 saturated carbocycles. The number of hydrogen-bond acceptors (Lipinski definition) is 6. The van der Waals surface area contributed by atoms with Gasteiger partial charge in [0.1, 0.15) is 12.8 Å². The first-order valence-electron chi connectivity index (χ1n) is 6.47. The molecule has 1 rings (SSSR count). The smallest absolute Gasteiger partial charge is 0.398 e. The summed E-state index contributed by atoms with van der Waals surface area (Å²) in [6.07, 6.45) is 11.0. The van der Waals surface area contributed by atoms with Crippen molar-refractivity contribution in [1.82, 2.24) is 0 Å². The van der Waals surface area contributed by atoms with Gasteiger partial charge in [-0.25, -0.2) is 9.59 Å². The summed E-state index contributed by atoms with van der Waals surface area (Å²) in [6.45, 7) is 3.98. The molecule has 0 spiro atoms. The molecule has 6 heteroatoms. The van der Waals surface area contributed by atoms with E-state index in [2.05, 4.69) is 14.9 Å². The van der Waals surface area contributed by atoms with Crippen molar-refractivity contribution in [1.29, 1.82) is 0 Å². The van der Waals surface area contributed by atoms with E-state index in [1.165, 1.54) is 0 Å². The lowest BCUT2D eigenvalue weighted by Crippen LogP contribution is -2.16. The lowest BCUT2D eigenvalue weighted by Gasteiger charge is -2.02. The number of carbonyl (C=O) groups is 2. The van der Waals surface area contributed by atoms with Crippen molar-refractivity contribution in [2.24, 2.45) is 10.2 Å². The van der Waals surface area contributed by atoms with E-state index in [0.717, 1.165) is 6.21 Å². The zero-order valence-corrected chi connectivity index (χ0v) is 12.0. The van der Waals surface area contributed by atoms with E-state index < -0.39 is 11.9 Å². The molecule has 0 radical (unpaired) electrons. The van der Waals surface area contributed by atoms with Crippen LogP contribution >= 0.6 is 0 Å². The molecule has 0 atom stereocenters. The van der Waals surface area contributed by atoms with E-state index >= 15 is 0 Å². The highest BCUT2D eigenvalue weighted by molar-refractivity contribution is 6.26. The van der Waals surface area contributed by atoms with Gasteiger partial charge in [0.15, 0.2) is 5.57 Å². The number of nitrogens with zero attached hydrogens (tertiary/aromatic N) is 2. The summed E-state index contributed by atoms with van der Waals surface area (Å²) in [6, 6.07) is 0. The molecule has 0 amide bonds. The van der Waals surface area contributed by atoms with Crippen molar-refractivity contribution >= 4 is 23.9 Å². The maximum absolute atomic E-state index is 11.9. The van der Waals surface area contributed by atoms with Crippen molar-refractivity contribution in [3.05, 3.63) is 42.4 Å². The third-order valence-corrected chi connectivity index (χ3v) is 2.29. The fraction of sp³-hybridized carbons (Fsp3) is 0.267. The summed E-state index contributed by atoms with van der Waals surface area (Å²) in [5.74, 6) is -1.09. The second kappa shape index (κ2) is 9.30. The molecule has 1 aliphatic rings. The Morgan fingerprint density at radius 2 is 2.19 bits per heavy atom. The highest BCUT2D eigenvalue weighted by Gasteiger charge is 2.25. The molecule has 0 unspecified atom stereocenters. The van der Waals surface area contributed by atoms with Gasteiger partial charge in [-0.3, -0.25) is 0 Å². The van der Waals surface area contributed by atoms with Crippen molar-refractivity contribution in [3.63, 3.8) is 0 Å². The lowest BCUT2D eigenvalue weighted by atomic mass is 10.0. The highest BCUT2D eigenvalue weighted by Crippen LogP contribution is 2.11. The Morgan fingerprint density at radius 3 is 2.90 bits per heavy atom. The lowest BCUT2D eigenvalue weighted by molar-refractivity contribution is -0.137. The quantitative estimate of drug-likeness (QED) is 0.245. The normalized spacial score (nSPS) is 16.1. The molecule has 6 nitrogen and oxygen atoms in total. The molecule has 0 saturated heterocycles. The molecule has 110 valence electrons. The number of carbonyl (C=O) groups excluding carboxylic acids is 2. The van der Waals surface area contributed by atoms with E-state index in [9.17, 15) is 9.59 Å². The predicted octanol–water partition coefficient (Wildman–Crippen LogP) is 1.80. The third-order valence-electron chi connectivity index (χ3n) is 2.29. The first kappa shape index (κ1) is 16.4. The summed E-state index contributed by atoms with van der Waals surface area (Å²) in [7, 11) is 0. The van der Waals surface area contributed by atoms with Gasteiger partial charge in [0.2, 0.25) is 5.71 Å². The molecule has 0 aromatic rings. The second-order valence-electron chi connectivity index (χ2n) is 3.78. The second-order valence-corrected chi connectivity index (χ2v) is 3.78. The zero-order chi connectivity index (χ0) is 15.5. The molecule has 0 N–H and O–H groups in total. The van der Waals surface area contributed by atoms with Crippen molar-refractivity contribution in [2.45, 2.75) is 13.8 Å². The van der Waals surface area contributed by atoms with E-state index in [4.69, 9.17) is 4.74 Å². The first-order chi connectivity index (χ1) is 10.2. The van der Waals surface area contributed by atoms with Gasteiger partial charge in [-0.15, -0.1) is 10.2 Å². The van der Waals surface area contributed by atoms with E-state index in [0.29, 0.717) is 5.71 Å². The SMILES string of the molecule is C/C=C/COC(=O)C1=C[CH+]C=C/C1=N\N=C\C(=O)OCC. The van der Waals surface area contributed by atoms with E-state index in [1.54, 1.807) is 43.7 Å². The summed E-state index contributed by atoms with van der Waals surface area (Å²) < 4.78 is 9.72. The molecule has 0 heterocycles. The Labute approximate surface area is 123 Å². The molecule has 0 aliphatic heterocycles. The van der Waals surface area contributed by atoms with Crippen LogP contribution in [0.4, 0.5) is 0 Å². The molecule has 1 aliphatic carbocycles. The summed E-state index contributed by atoms with van der Waals surface area (Å²) in [5.41, 5.74) is 0.603. The van der Waals surface area contributed by atoms with Gasteiger partial charge in [-0.2, -0.15) is 0 Å². The number of hydrogen-bond donors (Lipinski definition) is 0. The van der Waals surface area contributed by atoms with Crippen LogP contribution in [-0.4, -0.2) is 37.1 Å². The minimum atomic E-state index is -0.589. The standard InChI is InChI=1S/C15H17N2O4/c1-3-5-10-21-15(19)12-8-6-7-9-13(12)17-16-11-14(18)20-4-2/h3,5-9,11H,4,10H2,1-2H3/q+1/b5-3+,16-11+,17-13+. The highest BCUT2D eigenvalue weighted by atomic mass is 16.5. The van der Waals surface area contributed by atoms with Gasteiger partial charge in [-0.05, 0) is 13.8 Å². The van der Waals surface area contributed by atoms with Crippen LogP contribution in [0.3, 0.4) is 0 Å². The van der Waals surface area contributed by atoms with Gasteiger partial charge in [-0.1, -0.05) is 12.2 Å². The molecule has 0 aromatic heterocycles. The van der Waals surface area contributed by atoms with Crippen LogP contribution < -0.4 is 0 Å². The zero-order valence-electron chi connectivity index (χ0n) is 12.0. The monoisotopic (exact) mass is 289 g/mol. The van der Waals surface area contributed by atoms with Gasteiger partial charge in [0, 0.05) is 6.42 Å². The van der Waals surface area contributed by atoms with Crippen LogP contribution in [0.25, 0.3) is 0 Å². The van der Waals surface area contributed by atoms with Crippen LogP contribution in [0.5, 0.6) is 0 Å². The van der Waals surface area contributed by atoms with Crippen LogP contribution in [-0.2, 0) is 19.1 Å². The average molecular weight is 289 g/mol. The maximum atomic E-state index is 11.9. The van der Waals surface area contributed by atoms with Crippen LogP contribution in [0.2, 0.25) is 0 Å². The molecule has 21 heavy (non-hydrogen) atoms. The average Bonchev–Trinajstić information content (AvgIpc) is 2.48. The number of esters is 2. The molecular formula is C15H17N2O4+. The Balaban J connectivity index is 2.72. The molecular weight excluding hydrogens is 272 g/mol. The number of rotatable bonds is 6. The maximum Gasteiger partial charge on any atom is 0.398 e. The van der Waals surface area contributed by atoms with Crippen LogP contribution in [0.15, 0.2) is 46.2 Å². The fourth-order valence-electron chi connectivity index (χ4n) is 1.35.